The standard InChI is InChI=1S/C22H22N4O3/c1-15(27)25-18-6-8-19(9-7-18)26-22(28)17-5-12-21(24-14-17)23-13-16-3-10-20(29-2)11-4-16/h3-12,14H,13H2,1-2H3,(H,23,24)(H,25,27)(H,26,28). The van der Waals surface area contributed by atoms with Crippen molar-refractivity contribution in [2.75, 3.05) is 23.1 Å². The number of rotatable bonds is 7. The summed E-state index contributed by atoms with van der Waals surface area (Å²) in [6, 6.07) is 18.1. The van der Waals surface area contributed by atoms with E-state index >= 15 is 0 Å². The van der Waals surface area contributed by atoms with Gasteiger partial charge in [0.25, 0.3) is 5.91 Å². The lowest BCUT2D eigenvalue weighted by atomic mass is 10.2. The van der Waals surface area contributed by atoms with Crippen molar-refractivity contribution in [2.24, 2.45) is 0 Å². The van der Waals surface area contributed by atoms with Crippen LogP contribution >= 0.6 is 0 Å². The minimum absolute atomic E-state index is 0.145. The number of methoxy groups -OCH3 is 1. The minimum Gasteiger partial charge on any atom is -0.497 e. The van der Waals surface area contributed by atoms with Gasteiger partial charge in [-0.25, -0.2) is 4.98 Å². The molecular weight excluding hydrogens is 368 g/mol. The van der Waals surface area contributed by atoms with Gasteiger partial charge in [-0.1, -0.05) is 12.1 Å². The van der Waals surface area contributed by atoms with Crippen molar-refractivity contribution >= 4 is 29.0 Å². The van der Waals surface area contributed by atoms with E-state index in [2.05, 4.69) is 20.9 Å². The lowest BCUT2D eigenvalue weighted by Crippen LogP contribution is -2.13. The summed E-state index contributed by atoms with van der Waals surface area (Å²) in [5.74, 6) is 1.09. The Morgan fingerprint density at radius 1 is 0.897 bits per heavy atom. The van der Waals surface area contributed by atoms with Crippen LogP contribution in [0.25, 0.3) is 0 Å². The monoisotopic (exact) mass is 390 g/mol. The lowest BCUT2D eigenvalue weighted by molar-refractivity contribution is -0.114. The number of carbonyl (C=O) groups is 2. The number of nitrogens with one attached hydrogen (secondary N) is 3. The molecule has 1 aromatic heterocycles. The van der Waals surface area contributed by atoms with E-state index in [9.17, 15) is 9.59 Å². The van der Waals surface area contributed by atoms with Crippen molar-refractivity contribution in [3.63, 3.8) is 0 Å². The molecule has 2 amide bonds. The van der Waals surface area contributed by atoms with Crippen molar-refractivity contribution < 1.29 is 14.3 Å². The third kappa shape index (κ3) is 5.80. The van der Waals surface area contributed by atoms with Crippen LogP contribution in [-0.2, 0) is 11.3 Å². The molecule has 0 fully saturated rings. The Morgan fingerprint density at radius 2 is 1.55 bits per heavy atom. The SMILES string of the molecule is COc1ccc(CNc2ccc(C(=O)Nc3ccc(NC(C)=O)cc3)cn2)cc1. The molecule has 29 heavy (non-hydrogen) atoms. The molecule has 0 unspecified atom stereocenters. The molecule has 0 spiro atoms. The predicted molar refractivity (Wildman–Crippen MR) is 113 cm³/mol. The Balaban J connectivity index is 1.54. The predicted octanol–water partition coefficient (Wildman–Crippen LogP) is 3.91. The number of hydrogen-bond donors (Lipinski definition) is 3. The topological polar surface area (TPSA) is 92.4 Å². The second-order valence-corrected chi connectivity index (χ2v) is 6.35. The Hall–Kier alpha value is -3.87. The highest BCUT2D eigenvalue weighted by Crippen LogP contribution is 2.16. The summed E-state index contributed by atoms with van der Waals surface area (Å²) >= 11 is 0. The Labute approximate surface area is 169 Å². The van der Waals surface area contributed by atoms with E-state index in [1.807, 2.05) is 24.3 Å². The van der Waals surface area contributed by atoms with Crippen LogP contribution in [0.4, 0.5) is 17.2 Å². The van der Waals surface area contributed by atoms with Crippen molar-refractivity contribution in [2.45, 2.75) is 13.5 Å². The van der Waals surface area contributed by atoms with Crippen LogP contribution in [0.2, 0.25) is 0 Å². The fourth-order valence-electron chi connectivity index (χ4n) is 2.61. The molecule has 0 radical (unpaired) electrons. The first-order chi connectivity index (χ1) is 14.0. The molecule has 3 aromatic rings. The highest BCUT2D eigenvalue weighted by atomic mass is 16.5. The Morgan fingerprint density at radius 3 is 2.10 bits per heavy atom. The molecule has 3 N–H and O–H groups in total. The fraction of sp³-hybridized carbons (Fsp3) is 0.136. The molecule has 0 saturated carbocycles. The number of ether oxygens (including phenoxy) is 1. The second kappa shape index (κ2) is 9.36. The minimum atomic E-state index is -0.258. The Bertz CT molecular complexity index is 968. The van der Waals surface area contributed by atoms with Crippen LogP contribution in [0.3, 0.4) is 0 Å². The van der Waals surface area contributed by atoms with Crippen molar-refractivity contribution in [1.29, 1.82) is 0 Å². The number of carbonyl (C=O) groups excluding carboxylic acids is 2. The van der Waals surface area contributed by atoms with Gasteiger partial charge in [0.05, 0.1) is 12.7 Å². The first-order valence-corrected chi connectivity index (χ1v) is 9.05. The number of amides is 2. The molecule has 3 rings (SSSR count). The van der Waals surface area contributed by atoms with Crippen molar-refractivity contribution in [3.05, 3.63) is 78.0 Å². The molecule has 7 heteroatoms. The van der Waals surface area contributed by atoms with E-state index in [0.717, 1.165) is 11.3 Å². The summed E-state index contributed by atoms with van der Waals surface area (Å²) in [5, 5.41) is 8.70. The molecule has 148 valence electrons. The number of hydrogen-bond acceptors (Lipinski definition) is 5. The number of pyridine rings is 1. The zero-order valence-corrected chi connectivity index (χ0v) is 16.2. The quantitative estimate of drug-likeness (QED) is 0.569. The number of anilines is 3. The van der Waals surface area contributed by atoms with Gasteiger partial charge in [-0.3, -0.25) is 9.59 Å². The van der Waals surface area contributed by atoms with E-state index < -0.39 is 0 Å². The summed E-state index contributed by atoms with van der Waals surface area (Å²) in [4.78, 5) is 27.7. The summed E-state index contributed by atoms with van der Waals surface area (Å²) in [6.07, 6.45) is 1.53. The van der Waals surface area contributed by atoms with E-state index in [4.69, 9.17) is 4.74 Å². The molecule has 0 aliphatic heterocycles. The molecule has 0 saturated heterocycles. The second-order valence-electron chi connectivity index (χ2n) is 6.35. The van der Waals surface area contributed by atoms with Crippen LogP contribution in [0.15, 0.2) is 66.9 Å². The third-order valence-electron chi connectivity index (χ3n) is 4.12. The molecular formula is C22H22N4O3. The van der Waals surface area contributed by atoms with Gasteiger partial charge in [0.15, 0.2) is 0 Å². The number of aromatic nitrogens is 1. The molecule has 0 atom stereocenters. The van der Waals surface area contributed by atoms with Crippen molar-refractivity contribution in [3.8, 4) is 5.75 Å². The summed E-state index contributed by atoms with van der Waals surface area (Å²) < 4.78 is 5.14. The third-order valence-corrected chi connectivity index (χ3v) is 4.12. The average Bonchev–Trinajstić information content (AvgIpc) is 2.74. The zero-order chi connectivity index (χ0) is 20.6. The molecule has 1 heterocycles. The smallest absolute Gasteiger partial charge is 0.257 e. The highest BCUT2D eigenvalue weighted by Gasteiger charge is 2.07. The molecule has 2 aromatic carbocycles. The largest absolute Gasteiger partial charge is 0.497 e. The van der Waals surface area contributed by atoms with Gasteiger partial charge in [0.1, 0.15) is 11.6 Å². The van der Waals surface area contributed by atoms with Crippen molar-refractivity contribution in [1.82, 2.24) is 4.98 Å². The van der Waals surface area contributed by atoms with Gasteiger partial charge in [-0.05, 0) is 54.1 Å². The van der Waals surface area contributed by atoms with Crippen LogP contribution in [0, 0.1) is 0 Å². The highest BCUT2D eigenvalue weighted by molar-refractivity contribution is 6.04. The lowest BCUT2D eigenvalue weighted by Gasteiger charge is -2.09. The molecule has 0 bridgehead atoms. The number of nitrogens with zero attached hydrogens (tertiary/aromatic N) is 1. The average molecular weight is 390 g/mol. The fourth-order valence-corrected chi connectivity index (χ4v) is 2.61. The first-order valence-electron chi connectivity index (χ1n) is 9.05. The van der Waals surface area contributed by atoms with E-state index in [1.165, 1.54) is 13.1 Å². The Kier molecular flexibility index (Phi) is 6.42. The van der Waals surface area contributed by atoms with Crippen LogP contribution < -0.4 is 20.7 Å². The normalized spacial score (nSPS) is 10.1. The summed E-state index contributed by atoms with van der Waals surface area (Å²) in [5.41, 5.74) is 2.85. The van der Waals surface area contributed by atoms with Crippen LogP contribution in [0.1, 0.15) is 22.8 Å². The van der Waals surface area contributed by atoms with Gasteiger partial charge >= 0.3 is 0 Å². The molecule has 7 nitrogen and oxygen atoms in total. The maximum Gasteiger partial charge on any atom is 0.257 e. The van der Waals surface area contributed by atoms with Gasteiger partial charge < -0.3 is 20.7 Å². The molecule has 0 aliphatic rings. The maximum atomic E-state index is 12.4. The molecule has 0 aliphatic carbocycles. The maximum absolute atomic E-state index is 12.4. The van der Waals surface area contributed by atoms with E-state index in [-0.39, 0.29) is 11.8 Å². The van der Waals surface area contributed by atoms with Gasteiger partial charge in [-0.15, -0.1) is 0 Å². The van der Waals surface area contributed by atoms with E-state index in [1.54, 1.807) is 43.5 Å². The summed E-state index contributed by atoms with van der Waals surface area (Å²) in [7, 11) is 1.63. The number of benzene rings is 2. The van der Waals surface area contributed by atoms with Gasteiger partial charge in [-0.2, -0.15) is 0 Å². The van der Waals surface area contributed by atoms with Gasteiger partial charge in [0.2, 0.25) is 5.91 Å². The van der Waals surface area contributed by atoms with E-state index in [0.29, 0.717) is 29.3 Å². The van der Waals surface area contributed by atoms with Crippen LogP contribution in [0.5, 0.6) is 5.75 Å². The van der Waals surface area contributed by atoms with Gasteiger partial charge in [0, 0.05) is 31.0 Å². The first kappa shape index (κ1) is 19.9. The summed E-state index contributed by atoms with van der Waals surface area (Å²) in [6.45, 7) is 2.06. The van der Waals surface area contributed by atoms with Crippen LogP contribution in [-0.4, -0.2) is 23.9 Å². The zero-order valence-electron chi connectivity index (χ0n) is 16.2.